The van der Waals surface area contributed by atoms with Crippen molar-refractivity contribution in [3.63, 3.8) is 0 Å². The molecule has 5 fully saturated rings. The van der Waals surface area contributed by atoms with E-state index in [1.165, 1.54) is 42.9 Å². The Morgan fingerprint density at radius 2 is 1.70 bits per heavy atom. The van der Waals surface area contributed by atoms with Gasteiger partial charge in [-0.2, -0.15) is 4.98 Å². The Bertz CT molecular complexity index is 2980. The number of benzene rings is 3. The molecule has 0 radical (unpaired) electrons. The number of ether oxygens (including phenoxy) is 3. The number of nitrogens with zero attached hydrogens (tertiary/aromatic N) is 4. The maximum atomic E-state index is 14.5. The molecule has 3 aromatic carbocycles. The number of likely N-dealkylation sites (tertiary alicyclic amines) is 1. The van der Waals surface area contributed by atoms with Crippen LogP contribution < -0.4 is 34.5 Å². The van der Waals surface area contributed by atoms with Gasteiger partial charge < -0.3 is 34.7 Å². The third-order valence-electron chi connectivity index (χ3n) is 17.2. The molecule has 2 saturated carbocycles. The number of nitro groups is 1. The number of rotatable bonds is 13. The summed E-state index contributed by atoms with van der Waals surface area (Å²) >= 11 is 0. The van der Waals surface area contributed by atoms with E-state index < -0.39 is 31.4 Å². The van der Waals surface area contributed by atoms with Gasteiger partial charge in [-0.25, -0.2) is 13.1 Å². The van der Waals surface area contributed by atoms with Crippen LogP contribution in [0.4, 0.5) is 17.1 Å². The lowest BCUT2D eigenvalue weighted by molar-refractivity contribution is -0.384. The maximum absolute atomic E-state index is 14.5. The molecule has 11 rings (SSSR count). The van der Waals surface area contributed by atoms with E-state index in [4.69, 9.17) is 19.2 Å². The van der Waals surface area contributed by atoms with Crippen molar-refractivity contribution in [3.8, 4) is 23.1 Å². The summed E-state index contributed by atoms with van der Waals surface area (Å²) < 4.78 is 50.0. The van der Waals surface area contributed by atoms with Crippen LogP contribution in [-0.4, -0.2) is 91.6 Å². The number of nitro benzene ring substituents is 1. The molecular weight excluding hydrogens is 945 g/mol. The third kappa shape index (κ3) is 10.1. The van der Waals surface area contributed by atoms with E-state index in [2.05, 4.69) is 82.1 Å². The van der Waals surface area contributed by atoms with Crippen LogP contribution >= 0.6 is 0 Å². The maximum Gasteiger partial charge on any atom is 0.297 e. The van der Waals surface area contributed by atoms with Crippen LogP contribution in [-0.2, 0) is 10.0 Å². The predicted molar refractivity (Wildman–Crippen MR) is 282 cm³/mol. The zero-order valence-corrected chi connectivity index (χ0v) is 43.4. The summed E-state index contributed by atoms with van der Waals surface area (Å²) in [5.74, 6) is 0.468. The van der Waals surface area contributed by atoms with Gasteiger partial charge >= 0.3 is 0 Å². The van der Waals surface area contributed by atoms with E-state index >= 15 is 0 Å². The Kier molecular flexibility index (Phi) is 13.3. The number of aromatic nitrogens is 2. The number of hydrogen-bond acceptors (Lipinski definition) is 13. The van der Waals surface area contributed by atoms with Gasteiger partial charge in [0.15, 0.2) is 17.2 Å². The number of piperidine rings is 2. The molecule has 388 valence electrons. The number of amides is 1. The normalized spacial score (nSPS) is 22.6. The smallest absolute Gasteiger partial charge is 0.297 e. The zero-order chi connectivity index (χ0) is 50.6. The topological polar surface area (TPSA) is 193 Å². The summed E-state index contributed by atoms with van der Waals surface area (Å²) in [5.41, 5.74) is 4.58. The standard InChI is InChI=1S/C56H70N8O8S/c1-35(2)42-8-5-6-9-43(42)46-10-7-25-63(46)39-32-56(33-39)20-26-62(27-21-56)38-11-12-44(48(29-38)72-50-28-37-15-24-58-52(37)60-54(50)71-40-16-22-57-23-17-40)53(65)61-73(68,69)41-30-47(64(66)67)51-49(31-41)70-34-45(59-51)36-13-18-55(3,4)19-14-36/h5-6,8-9,11-12,15,24,28-31,35-36,39-40,45-46,57,59H,7,10,13-14,16-23,25-27,32-34H2,1-4H3,(H,58,60)(H,61,65)/t45-,46+/m1/s1. The van der Waals surface area contributed by atoms with Gasteiger partial charge in [0.05, 0.1) is 21.4 Å². The van der Waals surface area contributed by atoms with Crippen molar-refractivity contribution < 1.29 is 32.3 Å². The lowest BCUT2D eigenvalue weighted by Crippen LogP contribution is -2.54. The number of pyridine rings is 1. The van der Waals surface area contributed by atoms with Crippen molar-refractivity contribution in [2.45, 2.75) is 140 Å². The number of hydrogen-bond donors (Lipinski definition) is 4. The Hall–Kier alpha value is -5.91. The summed E-state index contributed by atoms with van der Waals surface area (Å²) in [6.45, 7) is 13.7. The number of aromatic amines is 1. The summed E-state index contributed by atoms with van der Waals surface area (Å²) in [6.07, 6.45) is 14.1. The van der Waals surface area contributed by atoms with E-state index in [0.29, 0.717) is 23.6 Å². The molecule has 4 N–H and O–H groups in total. The lowest BCUT2D eigenvalue weighted by atomic mass is 9.59. The fraction of sp³-hybridized carbons (Fsp3) is 0.536. The van der Waals surface area contributed by atoms with Crippen LogP contribution in [0.15, 0.2) is 77.8 Å². The molecule has 16 nitrogen and oxygen atoms in total. The first-order chi connectivity index (χ1) is 35.1. The van der Waals surface area contributed by atoms with Gasteiger partial charge in [-0.05, 0) is 155 Å². The molecule has 2 atom stereocenters. The third-order valence-corrected chi connectivity index (χ3v) is 18.5. The van der Waals surface area contributed by atoms with E-state index in [-0.39, 0.29) is 69.9 Å². The number of nitrogens with one attached hydrogen (secondary N) is 4. The molecule has 4 aliphatic heterocycles. The fourth-order valence-corrected chi connectivity index (χ4v) is 13.9. The number of anilines is 2. The molecule has 1 spiro atoms. The van der Waals surface area contributed by atoms with Crippen molar-refractivity contribution in [2.75, 3.05) is 49.5 Å². The Labute approximate surface area is 428 Å². The average Bonchev–Trinajstić information content (AvgIpc) is 4.05. The van der Waals surface area contributed by atoms with Crippen LogP contribution in [0.25, 0.3) is 11.0 Å². The first kappa shape index (κ1) is 49.3. The van der Waals surface area contributed by atoms with Crippen LogP contribution in [0, 0.1) is 26.9 Å². The fourth-order valence-electron chi connectivity index (χ4n) is 12.8. The first-order valence-electron chi connectivity index (χ1n) is 26.7. The van der Waals surface area contributed by atoms with E-state index in [1.807, 2.05) is 18.2 Å². The first-order valence-corrected chi connectivity index (χ1v) is 28.2. The van der Waals surface area contributed by atoms with E-state index in [9.17, 15) is 23.3 Å². The molecule has 2 aliphatic carbocycles. The second kappa shape index (κ2) is 19.7. The Morgan fingerprint density at radius 1 is 0.932 bits per heavy atom. The van der Waals surface area contributed by atoms with Crippen LogP contribution in [0.1, 0.15) is 138 Å². The van der Waals surface area contributed by atoms with Gasteiger partial charge in [0, 0.05) is 60.6 Å². The zero-order valence-electron chi connectivity index (χ0n) is 42.6. The van der Waals surface area contributed by atoms with Crippen molar-refractivity contribution in [3.05, 3.63) is 99.7 Å². The van der Waals surface area contributed by atoms with Crippen LogP contribution in [0.5, 0.6) is 23.1 Å². The molecule has 5 aromatic rings. The quantitative estimate of drug-likeness (QED) is 0.0644. The van der Waals surface area contributed by atoms with Gasteiger partial charge in [-0.3, -0.25) is 19.8 Å². The number of carbonyl (C=O) groups is 1. The van der Waals surface area contributed by atoms with Gasteiger partial charge in [0.2, 0.25) is 0 Å². The molecule has 3 saturated heterocycles. The molecule has 0 unspecified atom stereocenters. The van der Waals surface area contributed by atoms with Crippen LogP contribution in [0.2, 0.25) is 0 Å². The summed E-state index contributed by atoms with van der Waals surface area (Å²) in [7, 11) is -4.69. The Morgan fingerprint density at radius 3 is 2.45 bits per heavy atom. The largest absolute Gasteiger partial charge is 0.489 e. The van der Waals surface area contributed by atoms with Gasteiger partial charge in [0.1, 0.15) is 24.1 Å². The summed E-state index contributed by atoms with van der Waals surface area (Å²) in [6, 6.07) is 21.0. The number of carbonyl (C=O) groups excluding carboxylic acids is 1. The highest BCUT2D eigenvalue weighted by Gasteiger charge is 2.50. The molecule has 6 heterocycles. The molecule has 73 heavy (non-hydrogen) atoms. The second-order valence-electron chi connectivity index (χ2n) is 22.9. The SMILES string of the molecule is CC(C)c1ccccc1[C@@H]1CCCN1C1CC2(CCN(c3ccc(C(=O)NS(=O)(=O)c4cc5c(c([N+](=O)[O-])c4)N[C@@H](C4CCC(C)(C)CC4)CO5)c(Oc4cc5cc[nH]c5nc4OC4CCNCC4)c3)CC2)C1. The summed E-state index contributed by atoms with van der Waals surface area (Å²) in [4.78, 5) is 39.0. The summed E-state index contributed by atoms with van der Waals surface area (Å²) in [5, 5.41) is 20.0. The monoisotopic (exact) mass is 1010 g/mol. The number of fused-ring (bicyclic) bond motifs is 2. The van der Waals surface area contributed by atoms with E-state index in [0.717, 1.165) is 101 Å². The minimum absolute atomic E-state index is 0.0464. The second-order valence-corrected chi connectivity index (χ2v) is 24.5. The van der Waals surface area contributed by atoms with Crippen LogP contribution in [0.3, 0.4) is 0 Å². The molecule has 1 amide bonds. The molecule has 17 heteroatoms. The minimum atomic E-state index is -4.69. The van der Waals surface area contributed by atoms with Crippen molar-refractivity contribution >= 4 is 44.0 Å². The number of sulfonamides is 1. The van der Waals surface area contributed by atoms with Crippen molar-refractivity contribution in [1.29, 1.82) is 0 Å². The van der Waals surface area contributed by atoms with Gasteiger partial charge in [-0.1, -0.05) is 52.0 Å². The number of H-pyrrole nitrogens is 1. The van der Waals surface area contributed by atoms with Gasteiger partial charge in [-0.15, -0.1) is 0 Å². The van der Waals surface area contributed by atoms with Gasteiger partial charge in [0.25, 0.3) is 27.5 Å². The average molecular weight is 1020 g/mol. The molecule has 6 aliphatic rings. The molecule has 0 bridgehead atoms. The van der Waals surface area contributed by atoms with Crippen molar-refractivity contribution in [1.82, 2.24) is 24.9 Å². The highest BCUT2D eigenvalue weighted by Crippen LogP contribution is 2.55. The molecule has 2 aromatic heterocycles. The lowest BCUT2D eigenvalue weighted by Gasteiger charge is -2.56. The highest BCUT2D eigenvalue weighted by atomic mass is 32.2. The highest BCUT2D eigenvalue weighted by molar-refractivity contribution is 7.90. The predicted octanol–water partition coefficient (Wildman–Crippen LogP) is 10.6. The van der Waals surface area contributed by atoms with E-state index in [1.54, 1.807) is 18.3 Å². The Balaban J connectivity index is 0.845. The molecular formula is C56H70N8O8S. The van der Waals surface area contributed by atoms with Crippen molar-refractivity contribution in [2.24, 2.45) is 16.7 Å². The minimum Gasteiger partial charge on any atom is -0.489 e.